The first-order valence-electron chi connectivity index (χ1n) is 8.53. The zero-order chi connectivity index (χ0) is 18.4. The zero-order valence-electron chi connectivity index (χ0n) is 14.6. The van der Waals surface area contributed by atoms with E-state index in [-0.39, 0.29) is 19.1 Å². The molecule has 1 saturated heterocycles. The molecule has 0 aliphatic carbocycles. The molecule has 1 aliphatic heterocycles. The fraction of sp³-hybridized carbons (Fsp3) is 0.200. The monoisotopic (exact) mass is 349 g/mol. The number of carbonyl (C=O) groups excluding carboxylic acids is 2. The molecule has 0 bridgehead atoms. The highest BCUT2D eigenvalue weighted by Gasteiger charge is 2.32. The van der Waals surface area contributed by atoms with Crippen LogP contribution in [-0.4, -0.2) is 37.0 Å². The van der Waals surface area contributed by atoms with Gasteiger partial charge in [0, 0.05) is 6.04 Å². The van der Waals surface area contributed by atoms with Crippen molar-refractivity contribution in [2.75, 3.05) is 13.1 Å². The molecule has 0 radical (unpaired) electrons. The lowest BCUT2D eigenvalue weighted by Gasteiger charge is -2.30. The number of hydrogen-bond acceptors (Lipinski definition) is 5. The zero-order valence-corrected chi connectivity index (χ0v) is 14.6. The maximum atomic E-state index is 12.2. The Hall–Kier alpha value is -2.86. The summed E-state index contributed by atoms with van der Waals surface area (Å²) in [4.78, 5) is 26.2. The van der Waals surface area contributed by atoms with E-state index in [1.165, 1.54) is 0 Å². The van der Waals surface area contributed by atoms with Crippen LogP contribution in [0.1, 0.15) is 24.1 Å². The summed E-state index contributed by atoms with van der Waals surface area (Å²) in [6.07, 6.45) is 1.76. The maximum Gasteiger partial charge on any atom is 0.628 e. The molecule has 1 atom stereocenters. The van der Waals surface area contributed by atoms with Crippen LogP contribution in [0.4, 0.5) is 0 Å². The van der Waals surface area contributed by atoms with Crippen molar-refractivity contribution in [1.29, 1.82) is 0 Å². The number of nitrogens with zero attached hydrogens (tertiary/aromatic N) is 1. The van der Waals surface area contributed by atoms with E-state index in [2.05, 4.69) is 0 Å². The first kappa shape index (κ1) is 18.0. The Labute approximate surface area is 153 Å². The molecule has 1 heterocycles. The lowest BCUT2D eigenvalue weighted by Crippen LogP contribution is -2.44. The maximum absolute atomic E-state index is 12.2. The molecule has 0 amide bonds. The van der Waals surface area contributed by atoms with Gasteiger partial charge in [-0.2, -0.15) is 0 Å². The molecule has 1 aliphatic rings. The van der Waals surface area contributed by atoms with Crippen molar-refractivity contribution in [2.45, 2.75) is 13.0 Å². The number of benzene rings is 2. The van der Waals surface area contributed by atoms with Gasteiger partial charge in [0.2, 0.25) is 0 Å². The van der Waals surface area contributed by atoms with Gasteiger partial charge in [-0.05, 0) is 24.0 Å². The van der Waals surface area contributed by atoms with E-state index in [0.717, 1.165) is 11.1 Å². The second kappa shape index (κ2) is 8.49. The van der Waals surface area contributed by atoms with E-state index in [0.29, 0.717) is 0 Å². The second-order valence-corrected chi connectivity index (χ2v) is 6.11. The van der Waals surface area contributed by atoms with Crippen molar-refractivity contribution in [3.8, 4) is 0 Å². The van der Waals surface area contributed by atoms with E-state index in [9.17, 15) is 9.59 Å². The first-order valence-corrected chi connectivity index (χ1v) is 8.53. The van der Waals surface area contributed by atoms with Crippen molar-refractivity contribution in [2.24, 2.45) is 0 Å². The summed E-state index contributed by atoms with van der Waals surface area (Å²) in [5, 5.41) is 0. The van der Waals surface area contributed by atoms with Crippen LogP contribution in [0.2, 0.25) is 0 Å². The molecule has 0 aromatic heterocycles. The standard InChI is InChI=1S/C20H20BNO4/c1-16(18-10-6-3-7-11-18)22-14-19(23)25-21(26-20(24)15-22)13-12-17-8-4-2-5-9-17/h2-13,16H,14-15H2,1H3/b13-12+. The van der Waals surface area contributed by atoms with Gasteiger partial charge in [0.05, 0.1) is 13.1 Å². The Morgan fingerprint density at radius 1 is 0.923 bits per heavy atom. The van der Waals surface area contributed by atoms with Gasteiger partial charge < -0.3 is 9.31 Å². The quantitative estimate of drug-likeness (QED) is 0.795. The summed E-state index contributed by atoms with van der Waals surface area (Å²) in [5.41, 5.74) is 1.95. The smallest absolute Gasteiger partial charge is 0.495 e. The van der Waals surface area contributed by atoms with E-state index >= 15 is 0 Å². The van der Waals surface area contributed by atoms with Crippen LogP contribution in [0.25, 0.3) is 6.08 Å². The first-order chi connectivity index (χ1) is 12.6. The van der Waals surface area contributed by atoms with Crippen LogP contribution >= 0.6 is 0 Å². The largest absolute Gasteiger partial charge is 0.628 e. The Morgan fingerprint density at radius 3 is 2.04 bits per heavy atom. The molecular formula is C20H20BNO4. The van der Waals surface area contributed by atoms with Crippen LogP contribution in [0.15, 0.2) is 66.6 Å². The molecule has 6 heteroatoms. The minimum Gasteiger partial charge on any atom is -0.495 e. The van der Waals surface area contributed by atoms with Gasteiger partial charge in [-0.1, -0.05) is 66.7 Å². The van der Waals surface area contributed by atoms with Gasteiger partial charge in [0.1, 0.15) is 0 Å². The molecule has 132 valence electrons. The van der Waals surface area contributed by atoms with Crippen molar-refractivity contribution in [3.05, 3.63) is 77.8 Å². The number of carbonyl (C=O) groups is 2. The molecule has 5 nitrogen and oxygen atoms in total. The molecule has 3 rings (SSSR count). The third kappa shape index (κ3) is 4.83. The lowest BCUT2D eigenvalue weighted by molar-refractivity contribution is -0.147. The minimum atomic E-state index is -1.01. The SMILES string of the molecule is CC(c1ccccc1)N1CC(=O)OB(/C=C/c2ccccc2)OC(=O)C1. The summed E-state index contributed by atoms with van der Waals surface area (Å²) in [6.45, 7) is 2.01. The van der Waals surface area contributed by atoms with Gasteiger partial charge in [-0.15, -0.1) is 0 Å². The third-order valence-electron chi connectivity index (χ3n) is 4.23. The average molecular weight is 349 g/mol. The molecule has 0 N–H and O–H groups in total. The fourth-order valence-corrected chi connectivity index (χ4v) is 2.79. The molecule has 1 fully saturated rings. The Kier molecular flexibility index (Phi) is 5.86. The van der Waals surface area contributed by atoms with E-state index < -0.39 is 19.1 Å². The van der Waals surface area contributed by atoms with Gasteiger partial charge >= 0.3 is 19.1 Å². The summed E-state index contributed by atoms with van der Waals surface area (Å²) < 4.78 is 10.6. The summed E-state index contributed by atoms with van der Waals surface area (Å²) in [7, 11) is -1.01. The molecular weight excluding hydrogens is 329 g/mol. The molecule has 0 saturated carbocycles. The van der Waals surface area contributed by atoms with Crippen LogP contribution in [0, 0.1) is 0 Å². The number of hydrogen-bond donors (Lipinski definition) is 0. The van der Waals surface area contributed by atoms with Crippen molar-refractivity contribution < 1.29 is 18.9 Å². The highest BCUT2D eigenvalue weighted by molar-refractivity contribution is 6.55. The predicted molar refractivity (Wildman–Crippen MR) is 99.8 cm³/mol. The Balaban J connectivity index is 1.67. The Morgan fingerprint density at radius 2 is 1.46 bits per heavy atom. The van der Waals surface area contributed by atoms with Crippen LogP contribution in [0.3, 0.4) is 0 Å². The minimum absolute atomic E-state index is 0.0286. The summed E-state index contributed by atoms with van der Waals surface area (Å²) >= 11 is 0. The van der Waals surface area contributed by atoms with Crippen LogP contribution in [0.5, 0.6) is 0 Å². The highest BCUT2D eigenvalue weighted by atomic mass is 16.6. The molecule has 2 aromatic carbocycles. The van der Waals surface area contributed by atoms with Crippen molar-refractivity contribution >= 4 is 25.1 Å². The third-order valence-corrected chi connectivity index (χ3v) is 4.23. The molecule has 2 aromatic rings. The van der Waals surface area contributed by atoms with Gasteiger partial charge in [-0.25, -0.2) is 0 Å². The van der Waals surface area contributed by atoms with E-state index in [1.807, 2.05) is 67.6 Å². The lowest BCUT2D eigenvalue weighted by atomic mass is 9.88. The Bertz CT molecular complexity index is 759. The topological polar surface area (TPSA) is 55.8 Å². The average Bonchev–Trinajstić information content (AvgIpc) is 2.65. The predicted octanol–water partition coefficient (Wildman–Crippen LogP) is 2.89. The normalized spacial score (nSPS) is 17.3. The molecule has 1 unspecified atom stereocenters. The molecule has 26 heavy (non-hydrogen) atoms. The molecule has 0 spiro atoms. The van der Waals surface area contributed by atoms with Crippen molar-refractivity contribution in [3.63, 3.8) is 0 Å². The van der Waals surface area contributed by atoms with Gasteiger partial charge in [0.15, 0.2) is 0 Å². The van der Waals surface area contributed by atoms with Gasteiger partial charge in [0.25, 0.3) is 0 Å². The van der Waals surface area contributed by atoms with Crippen LogP contribution in [-0.2, 0) is 18.9 Å². The van der Waals surface area contributed by atoms with Crippen LogP contribution < -0.4 is 0 Å². The summed E-state index contributed by atoms with van der Waals surface area (Å²) in [5.74, 6) is 0.715. The highest BCUT2D eigenvalue weighted by Crippen LogP contribution is 2.20. The number of rotatable bonds is 4. The van der Waals surface area contributed by atoms with Crippen molar-refractivity contribution in [1.82, 2.24) is 4.90 Å². The second-order valence-electron chi connectivity index (χ2n) is 6.11. The van der Waals surface area contributed by atoms with E-state index in [1.54, 1.807) is 17.0 Å². The van der Waals surface area contributed by atoms with Gasteiger partial charge in [-0.3, -0.25) is 14.5 Å². The van der Waals surface area contributed by atoms with E-state index in [4.69, 9.17) is 9.31 Å². The fourth-order valence-electron chi connectivity index (χ4n) is 2.79. The summed E-state index contributed by atoms with van der Waals surface area (Å²) in [6, 6.07) is 19.1.